The van der Waals surface area contributed by atoms with Gasteiger partial charge < -0.3 is 10.0 Å². The van der Waals surface area contributed by atoms with Crippen molar-refractivity contribution < 1.29 is 9.90 Å². The number of hydrogen-bond acceptors (Lipinski definition) is 5. The van der Waals surface area contributed by atoms with E-state index in [1.54, 1.807) is 24.7 Å². The zero-order valence-corrected chi connectivity index (χ0v) is 16.5. The van der Waals surface area contributed by atoms with Crippen LogP contribution >= 0.6 is 0 Å². The van der Waals surface area contributed by atoms with Crippen LogP contribution in [0.2, 0.25) is 0 Å². The zero-order chi connectivity index (χ0) is 20.7. The van der Waals surface area contributed by atoms with E-state index in [-0.39, 0.29) is 0 Å². The summed E-state index contributed by atoms with van der Waals surface area (Å²) >= 11 is 0. The van der Waals surface area contributed by atoms with Crippen molar-refractivity contribution in [1.82, 2.24) is 15.0 Å². The second kappa shape index (κ2) is 7.22. The Balaban J connectivity index is 1.60. The van der Waals surface area contributed by atoms with Crippen LogP contribution in [-0.2, 0) is 13.0 Å². The third-order valence-electron chi connectivity index (χ3n) is 5.67. The summed E-state index contributed by atoms with van der Waals surface area (Å²) in [5.74, 6) is -0.0284. The molecule has 4 aromatic rings. The highest BCUT2D eigenvalue weighted by molar-refractivity contribution is 5.95. The average molecular weight is 396 g/mol. The van der Waals surface area contributed by atoms with E-state index in [2.05, 4.69) is 38.9 Å². The minimum absolute atomic E-state index is 0.317. The van der Waals surface area contributed by atoms with Gasteiger partial charge in [-0.2, -0.15) is 0 Å². The Labute approximate surface area is 173 Å². The minimum Gasteiger partial charge on any atom is -0.478 e. The number of aromatic nitrogens is 3. The number of nitrogens with zero attached hydrogens (tertiary/aromatic N) is 4. The van der Waals surface area contributed by atoms with Crippen LogP contribution in [-0.4, -0.2) is 32.6 Å². The first-order valence-corrected chi connectivity index (χ1v) is 9.86. The molecule has 2 aromatic carbocycles. The summed E-state index contributed by atoms with van der Waals surface area (Å²) in [4.78, 5) is 27.0. The molecule has 0 aliphatic carbocycles. The lowest BCUT2D eigenvalue weighted by Gasteiger charge is -2.30. The molecular weight excluding hydrogens is 376 g/mol. The van der Waals surface area contributed by atoms with Gasteiger partial charge in [0.15, 0.2) is 0 Å². The number of anilines is 1. The lowest BCUT2D eigenvalue weighted by atomic mass is 9.96. The lowest BCUT2D eigenvalue weighted by molar-refractivity contribution is 0.0696. The molecule has 0 amide bonds. The SMILES string of the molecule is Cc1cc(-c2cccnc2)cc2c(N3CCc4ccc(C(=O)O)cc4C3)ncnc12. The van der Waals surface area contributed by atoms with Gasteiger partial charge in [-0.3, -0.25) is 4.98 Å². The molecule has 6 nitrogen and oxygen atoms in total. The number of benzene rings is 2. The Bertz CT molecular complexity index is 1270. The molecule has 1 aliphatic heterocycles. The molecule has 1 aliphatic rings. The third-order valence-corrected chi connectivity index (χ3v) is 5.67. The first-order chi connectivity index (χ1) is 14.6. The Morgan fingerprint density at radius 2 is 1.97 bits per heavy atom. The van der Waals surface area contributed by atoms with Gasteiger partial charge in [-0.15, -0.1) is 0 Å². The van der Waals surface area contributed by atoms with Crippen molar-refractivity contribution >= 4 is 22.7 Å². The quantitative estimate of drug-likeness (QED) is 0.557. The van der Waals surface area contributed by atoms with Crippen molar-refractivity contribution in [3.63, 3.8) is 0 Å². The maximum atomic E-state index is 11.4. The molecule has 6 heteroatoms. The number of pyridine rings is 1. The second-order valence-corrected chi connectivity index (χ2v) is 7.59. The van der Waals surface area contributed by atoms with Crippen molar-refractivity contribution in [2.75, 3.05) is 11.4 Å². The first kappa shape index (κ1) is 18.2. The molecule has 0 saturated heterocycles. The van der Waals surface area contributed by atoms with Crippen LogP contribution in [0.15, 0.2) is 61.2 Å². The summed E-state index contributed by atoms with van der Waals surface area (Å²) in [6.45, 7) is 3.50. The van der Waals surface area contributed by atoms with E-state index in [1.165, 1.54) is 5.56 Å². The van der Waals surface area contributed by atoms with Crippen LogP contribution in [0.25, 0.3) is 22.0 Å². The fourth-order valence-corrected chi connectivity index (χ4v) is 4.16. The number of aryl methyl sites for hydroxylation is 1. The summed E-state index contributed by atoms with van der Waals surface area (Å²) in [6.07, 6.45) is 6.08. The van der Waals surface area contributed by atoms with Crippen molar-refractivity contribution in [3.8, 4) is 11.1 Å². The van der Waals surface area contributed by atoms with Gasteiger partial charge in [0, 0.05) is 36.4 Å². The molecule has 3 heterocycles. The number of carboxylic acids is 1. The average Bonchev–Trinajstić information content (AvgIpc) is 2.78. The molecule has 30 heavy (non-hydrogen) atoms. The summed E-state index contributed by atoms with van der Waals surface area (Å²) in [7, 11) is 0. The van der Waals surface area contributed by atoms with Crippen LogP contribution < -0.4 is 4.90 Å². The van der Waals surface area contributed by atoms with Crippen LogP contribution in [0, 0.1) is 6.92 Å². The number of hydrogen-bond donors (Lipinski definition) is 1. The van der Waals surface area contributed by atoms with Crippen molar-refractivity contribution in [1.29, 1.82) is 0 Å². The van der Waals surface area contributed by atoms with Crippen LogP contribution in [0.3, 0.4) is 0 Å². The summed E-state index contributed by atoms with van der Waals surface area (Å²) < 4.78 is 0. The van der Waals surface area contributed by atoms with Gasteiger partial charge in [0.2, 0.25) is 0 Å². The van der Waals surface area contributed by atoms with Crippen LogP contribution in [0.4, 0.5) is 5.82 Å². The predicted octanol–water partition coefficient (Wildman–Crippen LogP) is 4.26. The third kappa shape index (κ3) is 3.16. The first-order valence-electron chi connectivity index (χ1n) is 9.86. The largest absolute Gasteiger partial charge is 0.478 e. The fraction of sp³-hybridized carbons (Fsp3) is 0.167. The van der Waals surface area contributed by atoms with Crippen LogP contribution in [0.1, 0.15) is 27.0 Å². The lowest BCUT2D eigenvalue weighted by Crippen LogP contribution is -2.31. The monoisotopic (exact) mass is 396 g/mol. The molecule has 1 N–H and O–H groups in total. The second-order valence-electron chi connectivity index (χ2n) is 7.59. The van der Waals surface area contributed by atoms with Gasteiger partial charge in [0.25, 0.3) is 0 Å². The zero-order valence-electron chi connectivity index (χ0n) is 16.5. The molecule has 2 aromatic heterocycles. The topological polar surface area (TPSA) is 79.2 Å². The van der Waals surface area contributed by atoms with E-state index in [0.29, 0.717) is 12.1 Å². The predicted molar refractivity (Wildman–Crippen MR) is 116 cm³/mol. The molecule has 5 rings (SSSR count). The van der Waals surface area contributed by atoms with E-state index in [4.69, 9.17) is 0 Å². The Morgan fingerprint density at radius 3 is 2.77 bits per heavy atom. The maximum absolute atomic E-state index is 11.4. The molecule has 148 valence electrons. The number of rotatable bonds is 3. The van der Waals surface area contributed by atoms with Gasteiger partial charge in [-0.1, -0.05) is 12.1 Å². The van der Waals surface area contributed by atoms with Gasteiger partial charge in [-0.25, -0.2) is 14.8 Å². The Morgan fingerprint density at radius 1 is 1.07 bits per heavy atom. The molecule has 0 saturated carbocycles. The Kier molecular flexibility index (Phi) is 4.39. The molecule has 0 fully saturated rings. The minimum atomic E-state index is -0.904. The highest BCUT2D eigenvalue weighted by Gasteiger charge is 2.21. The van der Waals surface area contributed by atoms with Crippen molar-refractivity contribution in [2.24, 2.45) is 0 Å². The highest BCUT2D eigenvalue weighted by Crippen LogP contribution is 2.33. The number of fused-ring (bicyclic) bond motifs is 2. The van der Waals surface area contributed by atoms with E-state index >= 15 is 0 Å². The van der Waals surface area contributed by atoms with E-state index < -0.39 is 5.97 Å². The fourth-order valence-electron chi connectivity index (χ4n) is 4.16. The number of aromatic carboxylic acids is 1. The van der Waals surface area contributed by atoms with E-state index in [1.807, 2.05) is 24.4 Å². The highest BCUT2D eigenvalue weighted by atomic mass is 16.4. The van der Waals surface area contributed by atoms with Gasteiger partial charge >= 0.3 is 5.97 Å². The molecule has 0 radical (unpaired) electrons. The van der Waals surface area contributed by atoms with Gasteiger partial charge in [-0.05, 0) is 65.9 Å². The normalized spacial score (nSPS) is 13.3. The van der Waals surface area contributed by atoms with Gasteiger partial charge in [0.05, 0.1) is 11.1 Å². The molecule has 0 unspecified atom stereocenters. The smallest absolute Gasteiger partial charge is 0.335 e. The molecule has 0 atom stereocenters. The maximum Gasteiger partial charge on any atom is 0.335 e. The molecule has 0 bridgehead atoms. The summed E-state index contributed by atoms with van der Waals surface area (Å²) in [6, 6.07) is 13.6. The van der Waals surface area contributed by atoms with Gasteiger partial charge in [0.1, 0.15) is 12.1 Å². The van der Waals surface area contributed by atoms with E-state index in [9.17, 15) is 9.90 Å². The molecule has 0 spiro atoms. The van der Waals surface area contributed by atoms with Crippen LogP contribution in [0.5, 0.6) is 0 Å². The Hall–Kier alpha value is -3.80. The van der Waals surface area contributed by atoms with Crippen molar-refractivity contribution in [2.45, 2.75) is 19.9 Å². The van der Waals surface area contributed by atoms with E-state index in [0.717, 1.165) is 51.9 Å². The summed E-state index contributed by atoms with van der Waals surface area (Å²) in [5.41, 5.74) is 6.69. The summed E-state index contributed by atoms with van der Waals surface area (Å²) in [5, 5.41) is 10.3. The standard InChI is InChI=1S/C24H20N4O2/c1-15-9-19(18-3-2-7-25-12-18)11-21-22(15)26-14-27-23(21)28-8-6-16-4-5-17(24(29)30)10-20(16)13-28/h2-5,7,9-12,14H,6,8,13H2,1H3,(H,29,30). The van der Waals surface area contributed by atoms with Crippen molar-refractivity contribution in [3.05, 3.63) is 83.4 Å². The number of carbonyl (C=O) groups is 1. The molecular formula is C24H20N4O2. The number of carboxylic acid groups (broad SMARTS) is 1.